The Balaban J connectivity index is 1.73. The third kappa shape index (κ3) is 3.37. The van der Waals surface area contributed by atoms with Gasteiger partial charge >= 0.3 is 0 Å². The van der Waals surface area contributed by atoms with E-state index in [1.807, 2.05) is 0 Å². The first-order valence-electron chi connectivity index (χ1n) is 7.75. The van der Waals surface area contributed by atoms with Crippen LogP contribution in [0.15, 0.2) is 42.5 Å². The maximum atomic E-state index is 12.6. The molecule has 0 aliphatic carbocycles. The number of ether oxygens (including phenoxy) is 2. The smallest absolute Gasteiger partial charge is 0.180 e. The number of ketones is 1. The summed E-state index contributed by atoms with van der Waals surface area (Å²) in [6, 6.07) is 13.7. The molecule has 0 fully saturated rings. The summed E-state index contributed by atoms with van der Waals surface area (Å²) in [5, 5.41) is 0. The van der Waals surface area contributed by atoms with Crippen molar-refractivity contribution in [3.8, 4) is 11.5 Å². The fraction of sp³-hybridized carbons (Fsp3) is 0.316. The number of benzene rings is 2. The van der Waals surface area contributed by atoms with Crippen molar-refractivity contribution in [2.45, 2.75) is 13.0 Å². The van der Waals surface area contributed by atoms with Gasteiger partial charge in [0.15, 0.2) is 5.78 Å². The zero-order valence-electron chi connectivity index (χ0n) is 13.5. The average molecular weight is 311 g/mol. The Kier molecular flexibility index (Phi) is 4.63. The van der Waals surface area contributed by atoms with Crippen molar-refractivity contribution in [3.63, 3.8) is 0 Å². The number of nitrogens with zero attached hydrogens (tertiary/aromatic N) is 1. The van der Waals surface area contributed by atoms with Crippen LogP contribution in [0.5, 0.6) is 11.5 Å². The Labute approximate surface area is 136 Å². The lowest BCUT2D eigenvalue weighted by Crippen LogP contribution is -2.34. The minimum absolute atomic E-state index is 0.0730. The SMILES string of the molecule is COc1ccc(C(=O)CN2CCc3ccccc3C2)c(OC)c1. The second kappa shape index (κ2) is 6.84. The molecule has 0 radical (unpaired) electrons. The highest BCUT2D eigenvalue weighted by molar-refractivity contribution is 6.00. The van der Waals surface area contributed by atoms with Gasteiger partial charge in [-0.1, -0.05) is 24.3 Å². The molecule has 0 bridgehead atoms. The van der Waals surface area contributed by atoms with Gasteiger partial charge in [-0.3, -0.25) is 9.69 Å². The van der Waals surface area contributed by atoms with Gasteiger partial charge in [0.2, 0.25) is 0 Å². The lowest BCUT2D eigenvalue weighted by Gasteiger charge is -2.28. The molecule has 0 saturated heterocycles. The topological polar surface area (TPSA) is 38.8 Å². The molecule has 0 saturated carbocycles. The van der Waals surface area contributed by atoms with Crippen molar-refractivity contribution >= 4 is 5.78 Å². The van der Waals surface area contributed by atoms with Gasteiger partial charge in [0.1, 0.15) is 11.5 Å². The van der Waals surface area contributed by atoms with Crippen molar-refractivity contribution in [1.29, 1.82) is 0 Å². The molecule has 1 aliphatic rings. The average Bonchev–Trinajstić information content (AvgIpc) is 2.60. The van der Waals surface area contributed by atoms with Gasteiger partial charge in [0.05, 0.1) is 26.3 Å². The molecule has 0 atom stereocenters. The molecule has 2 aromatic carbocycles. The minimum atomic E-state index is 0.0730. The summed E-state index contributed by atoms with van der Waals surface area (Å²) < 4.78 is 10.5. The Morgan fingerprint density at radius 1 is 1.09 bits per heavy atom. The summed E-state index contributed by atoms with van der Waals surface area (Å²) in [4.78, 5) is 14.8. The molecular formula is C19H21NO3. The predicted molar refractivity (Wildman–Crippen MR) is 89.3 cm³/mol. The van der Waals surface area contributed by atoms with E-state index in [0.29, 0.717) is 23.6 Å². The Bertz CT molecular complexity index is 712. The first kappa shape index (κ1) is 15.6. The van der Waals surface area contributed by atoms with E-state index < -0.39 is 0 Å². The molecule has 4 heteroatoms. The molecule has 0 aromatic heterocycles. The third-order valence-electron chi connectivity index (χ3n) is 4.29. The number of methoxy groups -OCH3 is 2. The van der Waals surface area contributed by atoms with E-state index in [2.05, 4.69) is 29.2 Å². The lowest BCUT2D eigenvalue weighted by molar-refractivity contribution is 0.0918. The van der Waals surface area contributed by atoms with Crippen LogP contribution >= 0.6 is 0 Å². The number of rotatable bonds is 5. The quantitative estimate of drug-likeness (QED) is 0.796. The number of Topliss-reactive ketones (excluding diaryl/α,β-unsaturated/α-hetero) is 1. The Morgan fingerprint density at radius 2 is 1.87 bits per heavy atom. The summed E-state index contributed by atoms with van der Waals surface area (Å²) in [6.45, 7) is 2.12. The van der Waals surface area contributed by atoms with E-state index in [4.69, 9.17) is 9.47 Å². The molecule has 0 N–H and O–H groups in total. The van der Waals surface area contributed by atoms with Gasteiger partial charge in [-0.2, -0.15) is 0 Å². The number of fused-ring (bicyclic) bond motifs is 1. The van der Waals surface area contributed by atoms with Crippen molar-refractivity contribution < 1.29 is 14.3 Å². The van der Waals surface area contributed by atoms with Gasteiger partial charge in [-0.15, -0.1) is 0 Å². The summed E-state index contributed by atoms with van der Waals surface area (Å²) in [5.74, 6) is 1.32. The fourth-order valence-corrected chi connectivity index (χ4v) is 3.01. The summed E-state index contributed by atoms with van der Waals surface area (Å²) in [6.07, 6.45) is 0.989. The Morgan fingerprint density at radius 3 is 2.61 bits per heavy atom. The van der Waals surface area contributed by atoms with Crippen LogP contribution in [0.2, 0.25) is 0 Å². The molecule has 0 unspecified atom stereocenters. The van der Waals surface area contributed by atoms with Gasteiger partial charge in [0, 0.05) is 19.2 Å². The molecule has 4 nitrogen and oxygen atoms in total. The first-order valence-corrected chi connectivity index (χ1v) is 7.75. The highest BCUT2D eigenvalue weighted by Crippen LogP contribution is 2.26. The van der Waals surface area contributed by atoms with E-state index in [1.165, 1.54) is 11.1 Å². The molecule has 0 spiro atoms. The van der Waals surface area contributed by atoms with E-state index >= 15 is 0 Å². The molecular weight excluding hydrogens is 290 g/mol. The van der Waals surface area contributed by atoms with Crippen LogP contribution in [0.1, 0.15) is 21.5 Å². The zero-order chi connectivity index (χ0) is 16.2. The standard InChI is InChI=1S/C19H21NO3/c1-22-16-7-8-17(19(11-16)23-2)18(21)13-20-10-9-14-5-3-4-6-15(14)12-20/h3-8,11H,9-10,12-13H2,1-2H3. The monoisotopic (exact) mass is 311 g/mol. The highest BCUT2D eigenvalue weighted by atomic mass is 16.5. The maximum Gasteiger partial charge on any atom is 0.180 e. The van der Waals surface area contributed by atoms with Crippen LogP contribution in [-0.4, -0.2) is 38.0 Å². The van der Waals surface area contributed by atoms with Gasteiger partial charge in [-0.25, -0.2) is 0 Å². The minimum Gasteiger partial charge on any atom is -0.497 e. The number of carbonyl (C=O) groups is 1. The lowest BCUT2D eigenvalue weighted by atomic mass is 9.99. The number of carbonyl (C=O) groups excluding carboxylic acids is 1. The van der Waals surface area contributed by atoms with Crippen LogP contribution < -0.4 is 9.47 Å². The fourth-order valence-electron chi connectivity index (χ4n) is 3.01. The van der Waals surface area contributed by atoms with Crippen LogP contribution in [0.3, 0.4) is 0 Å². The van der Waals surface area contributed by atoms with E-state index in [0.717, 1.165) is 19.5 Å². The Hall–Kier alpha value is -2.33. The van der Waals surface area contributed by atoms with Crippen molar-refractivity contribution in [2.24, 2.45) is 0 Å². The van der Waals surface area contributed by atoms with Crippen LogP contribution in [-0.2, 0) is 13.0 Å². The van der Waals surface area contributed by atoms with Gasteiger partial charge in [0.25, 0.3) is 0 Å². The molecule has 1 aliphatic heterocycles. The summed E-state index contributed by atoms with van der Waals surface area (Å²) in [5.41, 5.74) is 3.30. The van der Waals surface area contributed by atoms with Crippen molar-refractivity contribution in [2.75, 3.05) is 27.3 Å². The predicted octanol–water partition coefficient (Wildman–Crippen LogP) is 2.94. The van der Waals surface area contributed by atoms with Crippen molar-refractivity contribution in [3.05, 3.63) is 59.2 Å². The summed E-state index contributed by atoms with van der Waals surface area (Å²) in [7, 11) is 3.17. The van der Waals surface area contributed by atoms with Crippen LogP contribution in [0.4, 0.5) is 0 Å². The molecule has 23 heavy (non-hydrogen) atoms. The molecule has 2 aromatic rings. The normalized spacial score (nSPS) is 14.2. The molecule has 120 valence electrons. The van der Waals surface area contributed by atoms with Crippen LogP contribution in [0.25, 0.3) is 0 Å². The van der Waals surface area contributed by atoms with Crippen LogP contribution in [0, 0.1) is 0 Å². The second-order valence-corrected chi connectivity index (χ2v) is 5.72. The largest absolute Gasteiger partial charge is 0.497 e. The second-order valence-electron chi connectivity index (χ2n) is 5.72. The zero-order valence-corrected chi connectivity index (χ0v) is 13.5. The van der Waals surface area contributed by atoms with Gasteiger partial charge in [-0.05, 0) is 29.7 Å². The first-order chi connectivity index (χ1) is 11.2. The van der Waals surface area contributed by atoms with Crippen molar-refractivity contribution in [1.82, 2.24) is 4.90 Å². The van der Waals surface area contributed by atoms with Gasteiger partial charge < -0.3 is 9.47 Å². The molecule has 0 amide bonds. The maximum absolute atomic E-state index is 12.6. The van der Waals surface area contributed by atoms with E-state index in [9.17, 15) is 4.79 Å². The van der Waals surface area contributed by atoms with E-state index in [-0.39, 0.29) is 5.78 Å². The number of hydrogen-bond acceptors (Lipinski definition) is 4. The number of hydrogen-bond donors (Lipinski definition) is 0. The molecule has 3 rings (SSSR count). The molecule has 1 heterocycles. The highest BCUT2D eigenvalue weighted by Gasteiger charge is 2.20. The third-order valence-corrected chi connectivity index (χ3v) is 4.29. The summed E-state index contributed by atoms with van der Waals surface area (Å²) >= 11 is 0. The van der Waals surface area contributed by atoms with E-state index in [1.54, 1.807) is 32.4 Å².